The van der Waals surface area contributed by atoms with Crippen molar-refractivity contribution >= 4 is 17.7 Å². The maximum Gasteiger partial charge on any atom is 0.410 e. The largest absolute Gasteiger partial charge is 0.491 e. The molecule has 5 heteroatoms. The molecule has 0 saturated heterocycles. The Morgan fingerprint density at radius 3 is 2.76 bits per heavy atom. The van der Waals surface area contributed by atoms with E-state index >= 15 is 0 Å². The second-order valence-corrected chi connectivity index (χ2v) is 6.55. The summed E-state index contributed by atoms with van der Waals surface area (Å²) < 4.78 is 11.2. The van der Waals surface area contributed by atoms with Gasteiger partial charge in [0.25, 0.3) is 0 Å². The molecule has 0 saturated carbocycles. The van der Waals surface area contributed by atoms with Crippen molar-refractivity contribution in [3.63, 3.8) is 0 Å². The highest BCUT2D eigenvalue weighted by Crippen LogP contribution is 2.29. The smallest absolute Gasteiger partial charge is 0.410 e. The van der Waals surface area contributed by atoms with Gasteiger partial charge >= 0.3 is 6.09 Å². The van der Waals surface area contributed by atoms with Crippen molar-refractivity contribution in [3.05, 3.63) is 28.8 Å². The number of halogens is 1. The van der Waals surface area contributed by atoms with E-state index in [1.54, 1.807) is 4.90 Å². The number of rotatable bonds is 1. The minimum absolute atomic E-state index is 0.312. The van der Waals surface area contributed by atoms with Gasteiger partial charge in [-0.1, -0.05) is 6.07 Å². The normalized spacial score (nSPS) is 15.0. The van der Waals surface area contributed by atoms with Gasteiger partial charge < -0.3 is 14.4 Å². The highest BCUT2D eigenvalue weighted by molar-refractivity contribution is 6.17. The molecule has 0 fully saturated rings. The molecule has 1 amide bonds. The first kappa shape index (κ1) is 16.0. The zero-order chi connectivity index (χ0) is 15.6. The topological polar surface area (TPSA) is 38.8 Å². The molecule has 0 unspecified atom stereocenters. The summed E-state index contributed by atoms with van der Waals surface area (Å²) in [6.07, 6.45) is -0.312. The van der Waals surface area contributed by atoms with Crippen LogP contribution in [0.2, 0.25) is 0 Å². The van der Waals surface area contributed by atoms with Crippen LogP contribution in [-0.2, 0) is 17.2 Å². The maximum absolute atomic E-state index is 12.2. The van der Waals surface area contributed by atoms with Crippen LogP contribution in [0.4, 0.5) is 4.79 Å². The molecule has 0 aromatic heterocycles. The fourth-order valence-electron chi connectivity index (χ4n) is 2.35. The van der Waals surface area contributed by atoms with E-state index in [-0.39, 0.29) is 6.09 Å². The zero-order valence-electron chi connectivity index (χ0n) is 13.0. The lowest BCUT2D eigenvalue weighted by Gasteiger charge is -2.26. The molecule has 0 aliphatic carbocycles. The minimum atomic E-state index is -0.499. The summed E-state index contributed by atoms with van der Waals surface area (Å²) in [5.41, 5.74) is 2.56. The Balaban J connectivity index is 2.24. The lowest BCUT2D eigenvalue weighted by atomic mass is 10.1. The molecule has 0 radical (unpaired) electrons. The summed E-state index contributed by atoms with van der Waals surface area (Å²) in [5.74, 6) is 1.30. The Morgan fingerprint density at radius 2 is 2.14 bits per heavy atom. The third-order valence-corrected chi connectivity index (χ3v) is 3.49. The molecular formula is C16H22ClNO3. The van der Waals surface area contributed by atoms with Crippen molar-refractivity contribution in [1.29, 1.82) is 0 Å². The van der Waals surface area contributed by atoms with E-state index in [4.69, 9.17) is 21.1 Å². The number of hydrogen-bond acceptors (Lipinski definition) is 3. The van der Waals surface area contributed by atoms with Crippen LogP contribution in [0.25, 0.3) is 0 Å². The number of nitrogens with zero attached hydrogens (tertiary/aromatic N) is 1. The van der Waals surface area contributed by atoms with Crippen LogP contribution in [0, 0.1) is 6.92 Å². The maximum atomic E-state index is 12.2. The van der Waals surface area contributed by atoms with Crippen molar-refractivity contribution in [2.24, 2.45) is 0 Å². The number of benzene rings is 1. The van der Waals surface area contributed by atoms with Crippen molar-refractivity contribution in [2.75, 3.05) is 13.2 Å². The van der Waals surface area contributed by atoms with E-state index in [2.05, 4.69) is 0 Å². The van der Waals surface area contributed by atoms with E-state index in [1.165, 1.54) is 0 Å². The summed E-state index contributed by atoms with van der Waals surface area (Å²) >= 11 is 5.92. The molecule has 1 aromatic carbocycles. The number of alkyl halides is 1. The minimum Gasteiger partial charge on any atom is -0.491 e. The van der Waals surface area contributed by atoms with Crippen LogP contribution in [-0.4, -0.2) is 29.7 Å². The number of ether oxygens (including phenoxy) is 2. The average Bonchev–Trinajstić information content (AvgIpc) is 2.59. The molecule has 1 aliphatic heterocycles. The summed E-state index contributed by atoms with van der Waals surface area (Å²) in [7, 11) is 0. The van der Waals surface area contributed by atoms with Crippen molar-refractivity contribution in [1.82, 2.24) is 4.90 Å². The van der Waals surface area contributed by atoms with Crippen LogP contribution in [0.3, 0.4) is 0 Å². The summed E-state index contributed by atoms with van der Waals surface area (Å²) in [5, 5.41) is 0. The first-order valence-electron chi connectivity index (χ1n) is 7.09. The van der Waals surface area contributed by atoms with Crippen LogP contribution in [0.15, 0.2) is 12.1 Å². The number of aryl methyl sites for hydroxylation is 1. The fourth-order valence-corrected chi connectivity index (χ4v) is 2.51. The Bertz CT molecular complexity index is 537. The van der Waals surface area contributed by atoms with Gasteiger partial charge in [-0.25, -0.2) is 4.79 Å². The summed E-state index contributed by atoms with van der Waals surface area (Å²) in [6.45, 7) is 9.05. The summed E-state index contributed by atoms with van der Waals surface area (Å²) in [4.78, 5) is 13.9. The molecule has 0 N–H and O–H groups in total. The predicted molar refractivity (Wildman–Crippen MR) is 82.9 cm³/mol. The van der Waals surface area contributed by atoms with Crippen LogP contribution in [0.5, 0.6) is 5.75 Å². The second-order valence-electron chi connectivity index (χ2n) is 6.28. The highest BCUT2D eigenvalue weighted by Gasteiger charge is 2.25. The lowest BCUT2D eigenvalue weighted by molar-refractivity contribution is 0.0225. The van der Waals surface area contributed by atoms with Crippen LogP contribution in [0.1, 0.15) is 37.5 Å². The van der Waals surface area contributed by atoms with Gasteiger partial charge in [-0.3, -0.25) is 0 Å². The van der Waals surface area contributed by atoms with Gasteiger partial charge in [-0.2, -0.15) is 0 Å². The monoisotopic (exact) mass is 311 g/mol. The van der Waals surface area contributed by atoms with Gasteiger partial charge in [0, 0.05) is 11.4 Å². The number of carbonyl (C=O) groups excluding carboxylic acids is 1. The first-order valence-corrected chi connectivity index (χ1v) is 7.62. The van der Waals surface area contributed by atoms with Gasteiger partial charge in [0.2, 0.25) is 0 Å². The molecule has 1 aromatic rings. The zero-order valence-corrected chi connectivity index (χ0v) is 13.8. The molecule has 1 heterocycles. The molecule has 1 aliphatic rings. The molecule has 0 bridgehead atoms. The first-order chi connectivity index (χ1) is 9.80. The molecule has 2 rings (SSSR count). The van der Waals surface area contributed by atoms with Crippen molar-refractivity contribution in [2.45, 2.75) is 45.7 Å². The van der Waals surface area contributed by atoms with E-state index in [0.717, 1.165) is 22.4 Å². The van der Waals surface area contributed by atoms with Gasteiger partial charge in [0.05, 0.1) is 13.1 Å². The molecular weight excluding hydrogens is 290 g/mol. The van der Waals surface area contributed by atoms with E-state index < -0.39 is 5.60 Å². The molecule has 21 heavy (non-hydrogen) atoms. The molecule has 0 atom stereocenters. The molecule has 0 spiro atoms. The average molecular weight is 312 g/mol. The Labute approximate surface area is 131 Å². The van der Waals surface area contributed by atoms with E-state index in [1.807, 2.05) is 39.8 Å². The van der Waals surface area contributed by atoms with Gasteiger partial charge in [-0.05, 0) is 44.9 Å². The Kier molecular flexibility index (Phi) is 4.67. The third-order valence-electron chi connectivity index (χ3n) is 3.19. The van der Waals surface area contributed by atoms with Crippen molar-refractivity contribution < 1.29 is 14.3 Å². The van der Waals surface area contributed by atoms with E-state index in [0.29, 0.717) is 25.6 Å². The van der Waals surface area contributed by atoms with Gasteiger partial charge in [0.15, 0.2) is 0 Å². The highest BCUT2D eigenvalue weighted by atomic mass is 35.5. The number of carbonyl (C=O) groups is 1. The number of hydrogen-bond donors (Lipinski definition) is 0. The van der Waals surface area contributed by atoms with Crippen LogP contribution >= 0.6 is 11.6 Å². The van der Waals surface area contributed by atoms with E-state index in [9.17, 15) is 4.79 Å². The Morgan fingerprint density at radius 1 is 1.43 bits per heavy atom. The number of fused-ring (bicyclic) bond motifs is 1. The fraction of sp³-hybridized carbons (Fsp3) is 0.562. The predicted octanol–water partition coefficient (Wildman–Crippen LogP) is 3.86. The molecule has 4 nitrogen and oxygen atoms in total. The number of amides is 1. The SMILES string of the molecule is Cc1cc(CCl)cc2c1OCCN(C(=O)OC(C)(C)C)C2. The van der Waals surface area contributed by atoms with Gasteiger partial charge in [0.1, 0.15) is 18.0 Å². The third kappa shape index (κ3) is 4.03. The van der Waals surface area contributed by atoms with Crippen molar-refractivity contribution in [3.8, 4) is 5.75 Å². The van der Waals surface area contributed by atoms with Crippen LogP contribution < -0.4 is 4.74 Å². The van der Waals surface area contributed by atoms with Gasteiger partial charge in [-0.15, -0.1) is 11.6 Å². The molecule has 116 valence electrons. The standard InChI is InChI=1S/C16H22ClNO3/c1-11-7-12(9-17)8-13-10-18(5-6-20-14(11)13)15(19)21-16(2,3)4/h7-8H,5-6,9-10H2,1-4H3. The quantitative estimate of drug-likeness (QED) is 0.739. The lowest BCUT2D eigenvalue weighted by Crippen LogP contribution is -2.37. The summed E-state index contributed by atoms with van der Waals surface area (Å²) in [6, 6.07) is 4.02. The Hall–Kier alpha value is -1.42. The second kappa shape index (κ2) is 6.14.